The van der Waals surface area contributed by atoms with Crippen LogP contribution >= 0.6 is 11.3 Å². The van der Waals surface area contributed by atoms with Crippen molar-refractivity contribution in [1.29, 1.82) is 0 Å². The van der Waals surface area contributed by atoms with Gasteiger partial charge >= 0.3 is 0 Å². The molecule has 112 valence electrons. The lowest BCUT2D eigenvalue weighted by Crippen LogP contribution is -2.30. The molecule has 4 nitrogen and oxygen atoms in total. The first-order valence-electron chi connectivity index (χ1n) is 7.07. The molecule has 1 aromatic heterocycles. The van der Waals surface area contributed by atoms with Gasteiger partial charge in [-0.1, -0.05) is 19.1 Å². The fraction of sp³-hybridized carbons (Fsp3) is 0.375. The Kier molecular flexibility index (Phi) is 5.75. The Morgan fingerprint density at radius 1 is 1.43 bits per heavy atom. The molecule has 2 rings (SSSR count). The summed E-state index contributed by atoms with van der Waals surface area (Å²) in [4.78, 5) is 16.1. The fourth-order valence-electron chi connectivity index (χ4n) is 1.91. The van der Waals surface area contributed by atoms with Crippen LogP contribution in [0.1, 0.15) is 23.2 Å². The second-order valence-electron chi connectivity index (χ2n) is 4.75. The average Bonchev–Trinajstić information content (AvgIpc) is 2.91. The lowest BCUT2D eigenvalue weighted by Gasteiger charge is -2.08. The molecule has 0 aliphatic carbocycles. The SMILES string of the molecule is CCc1cccc(OCC(=O)NCCc2csc(C)n2)c1. The van der Waals surface area contributed by atoms with Gasteiger partial charge in [0.15, 0.2) is 6.61 Å². The lowest BCUT2D eigenvalue weighted by atomic mass is 10.2. The van der Waals surface area contributed by atoms with Crippen molar-refractivity contribution in [3.05, 3.63) is 45.9 Å². The van der Waals surface area contributed by atoms with Crippen LogP contribution in [0.2, 0.25) is 0 Å². The Morgan fingerprint density at radius 3 is 3.00 bits per heavy atom. The van der Waals surface area contributed by atoms with Crippen molar-refractivity contribution in [2.45, 2.75) is 26.7 Å². The highest BCUT2D eigenvalue weighted by atomic mass is 32.1. The average molecular weight is 304 g/mol. The van der Waals surface area contributed by atoms with Crippen LogP contribution in [0.5, 0.6) is 5.75 Å². The molecule has 0 saturated carbocycles. The molecular formula is C16H20N2O2S. The molecule has 5 heteroatoms. The Morgan fingerprint density at radius 2 is 2.29 bits per heavy atom. The standard InChI is InChI=1S/C16H20N2O2S/c1-3-13-5-4-6-15(9-13)20-10-16(19)17-8-7-14-11-21-12(2)18-14/h4-6,9,11H,3,7-8,10H2,1-2H3,(H,17,19). The normalized spacial score (nSPS) is 10.4. The molecule has 0 radical (unpaired) electrons. The first-order chi connectivity index (χ1) is 10.2. The summed E-state index contributed by atoms with van der Waals surface area (Å²) in [7, 11) is 0. The maximum absolute atomic E-state index is 11.7. The highest BCUT2D eigenvalue weighted by Crippen LogP contribution is 2.13. The van der Waals surface area contributed by atoms with Crippen LogP contribution in [-0.4, -0.2) is 24.0 Å². The molecule has 0 aliphatic rings. The summed E-state index contributed by atoms with van der Waals surface area (Å²) < 4.78 is 5.49. The van der Waals surface area contributed by atoms with E-state index in [4.69, 9.17) is 4.74 Å². The van der Waals surface area contributed by atoms with Crippen LogP contribution in [0.25, 0.3) is 0 Å². The Bertz CT molecular complexity index is 595. The summed E-state index contributed by atoms with van der Waals surface area (Å²) in [5.74, 6) is 0.628. The molecule has 21 heavy (non-hydrogen) atoms. The van der Waals surface area contributed by atoms with Crippen molar-refractivity contribution in [2.24, 2.45) is 0 Å². The number of amides is 1. The molecule has 1 heterocycles. The number of benzene rings is 1. The summed E-state index contributed by atoms with van der Waals surface area (Å²) in [5.41, 5.74) is 2.22. The zero-order valence-corrected chi connectivity index (χ0v) is 13.2. The van der Waals surface area contributed by atoms with E-state index in [9.17, 15) is 4.79 Å². The summed E-state index contributed by atoms with van der Waals surface area (Å²) in [5, 5.41) is 5.91. The number of thiazole rings is 1. The van der Waals surface area contributed by atoms with Crippen molar-refractivity contribution in [2.75, 3.05) is 13.2 Å². The Hall–Kier alpha value is -1.88. The van der Waals surface area contributed by atoms with Crippen LogP contribution in [0.15, 0.2) is 29.6 Å². The van der Waals surface area contributed by atoms with Crippen LogP contribution in [0, 0.1) is 6.92 Å². The first-order valence-corrected chi connectivity index (χ1v) is 7.94. The number of ether oxygens (including phenoxy) is 1. The van der Waals surface area contributed by atoms with E-state index in [2.05, 4.69) is 17.2 Å². The molecule has 1 N–H and O–H groups in total. The fourth-order valence-corrected chi connectivity index (χ4v) is 2.56. The Labute approximate surface area is 129 Å². The van der Waals surface area contributed by atoms with E-state index in [1.54, 1.807) is 11.3 Å². The topological polar surface area (TPSA) is 51.2 Å². The third-order valence-corrected chi connectivity index (χ3v) is 3.87. The van der Waals surface area contributed by atoms with Gasteiger partial charge in [0.1, 0.15) is 5.75 Å². The van der Waals surface area contributed by atoms with Crippen molar-refractivity contribution in [3.63, 3.8) is 0 Å². The third kappa shape index (κ3) is 5.19. The van der Waals surface area contributed by atoms with E-state index in [0.717, 1.165) is 29.3 Å². The van der Waals surface area contributed by atoms with Gasteiger partial charge in [-0.05, 0) is 31.0 Å². The van der Waals surface area contributed by atoms with E-state index in [-0.39, 0.29) is 12.5 Å². The summed E-state index contributed by atoms with van der Waals surface area (Å²) in [6.45, 7) is 4.70. The number of aryl methyl sites for hydroxylation is 2. The molecule has 0 unspecified atom stereocenters. The van der Waals surface area contributed by atoms with Gasteiger partial charge < -0.3 is 10.1 Å². The van der Waals surface area contributed by atoms with Crippen LogP contribution in [0.3, 0.4) is 0 Å². The minimum absolute atomic E-state index is 0.0449. The van der Waals surface area contributed by atoms with Gasteiger partial charge in [-0.2, -0.15) is 0 Å². The smallest absolute Gasteiger partial charge is 0.257 e. The second kappa shape index (κ2) is 7.78. The summed E-state index contributed by atoms with van der Waals surface area (Å²) >= 11 is 1.63. The van der Waals surface area contributed by atoms with Gasteiger partial charge in [0, 0.05) is 18.3 Å². The number of rotatable bonds is 7. The lowest BCUT2D eigenvalue weighted by molar-refractivity contribution is -0.123. The number of carbonyl (C=O) groups excluding carboxylic acids is 1. The second-order valence-corrected chi connectivity index (χ2v) is 5.81. The molecule has 2 aromatic rings. The number of carbonyl (C=O) groups is 1. The maximum Gasteiger partial charge on any atom is 0.257 e. The number of hydrogen-bond acceptors (Lipinski definition) is 4. The van der Waals surface area contributed by atoms with Crippen LogP contribution in [0.4, 0.5) is 0 Å². The third-order valence-electron chi connectivity index (χ3n) is 3.05. The minimum Gasteiger partial charge on any atom is -0.484 e. The van der Waals surface area contributed by atoms with E-state index < -0.39 is 0 Å². The Balaban J connectivity index is 1.69. The van der Waals surface area contributed by atoms with Gasteiger partial charge in [0.25, 0.3) is 5.91 Å². The van der Waals surface area contributed by atoms with E-state index in [0.29, 0.717) is 6.54 Å². The number of hydrogen-bond donors (Lipinski definition) is 1. The van der Waals surface area contributed by atoms with E-state index in [1.165, 1.54) is 5.56 Å². The van der Waals surface area contributed by atoms with Crippen LogP contribution < -0.4 is 10.1 Å². The number of aromatic nitrogens is 1. The molecule has 0 spiro atoms. The maximum atomic E-state index is 11.7. The predicted octanol–water partition coefficient (Wildman–Crippen LogP) is 2.75. The molecule has 0 aliphatic heterocycles. The van der Waals surface area contributed by atoms with Crippen molar-refractivity contribution in [3.8, 4) is 5.75 Å². The summed E-state index contributed by atoms with van der Waals surface area (Å²) in [6.07, 6.45) is 1.71. The first kappa shape index (κ1) is 15.5. The molecule has 1 aromatic carbocycles. The van der Waals surface area contributed by atoms with E-state index >= 15 is 0 Å². The molecule has 0 saturated heterocycles. The van der Waals surface area contributed by atoms with E-state index in [1.807, 2.05) is 36.6 Å². The quantitative estimate of drug-likeness (QED) is 0.855. The highest BCUT2D eigenvalue weighted by Gasteiger charge is 2.04. The van der Waals surface area contributed by atoms with Gasteiger partial charge in [-0.15, -0.1) is 11.3 Å². The van der Waals surface area contributed by atoms with Gasteiger partial charge in [0.2, 0.25) is 0 Å². The molecule has 0 bridgehead atoms. The number of nitrogens with one attached hydrogen (secondary N) is 1. The zero-order chi connectivity index (χ0) is 15.1. The van der Waals surface area contributed by atoms with Crippen molar-refractivity contribution >= 4 is 17.2 Å². The van der Waals surface area contributed by atoms with Crippen molar-refractivity contribution < 1.29 is 9.53 Å². The number of nitrogens with zero attached hydrogens (tertiary/aromatic N) is 1. The van der Waals surface area contributed by atoms with Gasteiger partial charge in [-0.3, -0.25) is 4.79 Å². The molecular weight excluding hydrogens is 284 g/mol. The van der Waals surface area contributed by atoms with Crippen LogP contribution in [-0.2, 0) is 17.6 Å². The highest BCUT2D eigenvalue weighted by molar-refractivity contribution is 7.09. The van der Waals surface area contributed by atoms with Crippen molar-refractivity contribution in [1.82, 2.24) is 10.3 Å². The predicted molar refractivity (Wildman–Crippen MR) is 84.9 cm³/mol. The monoisotopic (exact) mass is 304 g/mol. The van der Waals surface area contributed by atoms with Gasteiger partial charge in [-0.25, -0.2) is 4.98 Å². The minimum atomic E-state index is -0.108. The largest absolute Gasteiger partial charge is 0.484 e. The molecule has 0 fully saturated rings. The molecule has 1 amide bonds. The molecule has 0 atom stereocenters. The zero-order valence-electron chi connectivity index (χ0n) is 12.4. The summed E-state index contributed by atoms with van der Waals surface area (Å²) in [6, 6.07) is 7.81. The van der Waals surface area contributed by atoms with Gasteiger partial charge in [0.05, 0.1) is 10.7 Å².